The summed E-state index contributed by atoms with van der Waals surface area (Å²) in [6.07, 6.45) is 3.77. The van der Waals surface area contributed by atoms with Crippen molar-refractivity contribution in [3.8, 4) is 0 Å². The SMILES string of the molecule is Cc1ccc2[nH]c(=O)c(=O)[nH]c2c1CN1CCCCC1. The van der Waals surface area contributed by atoms with E-state index in [2.05, 4.69) is 14.9 Å². The van der Waals surface area contributed by atoms with Gasteiger partial charge in [-0.05, 0) is 50.0 Å². The van der Waals surface area contributed by atoms with Gasteiger partial charge in [0.2, 0.25) is 0 Å². The molecule has 20 heavy (non-hydrogen) atoms. The van der Waals surface area contributed by atoms with Gasteiger partial charge in [-0.15, -0.1) is 0 Å². The van der Waals surface area contributed by atoms with Gasteiger partial charge in [0.05, 0.1) is 11.0 Å². The molecule has 5 nitrogen and oxygen atoms in total. The summed E-state index contributed by atoms with van der Waals surface area (Å²) >= 11 is 0. The van der Waals surface area contributed by atoms with Crippen LogP contribution in [0, 0.1) is 6.92 Å². The lowest BCUT2D eigenvalue weighted by atomic mass is 10.0. The average molecular weight is 273 g/mol. The minimum atomic E-state index is -0.592. The maximum absolute atomic E-state index is 11.6. The van der Waals surface area contributed by atoms with Crippen LogP contribution in [0.25, 0.3) is 11.0 Å². The van der Waals surface area contributed by atoms with E-state index >= 15 is 0 Å². The molecule has 2 aromatic rings. The van der Waals surface area contributed by atoms with Crippen molar-refractivity contribution < 1.29 is 0 Å². The van der Waals surface area contributed by atoms with Gasteiger partial charge in [0.1, 0.15) is 0 Å². The number of nitrogens with one attached hydrogen (secondary N) is 2. The molecule has 2 N–H and O–H groups in total. The molecule has 1 fully saturated rings. The van der Waals surface area contributed by atoms with Gasteiger partial charge in [-0.1, -0.05) is 12.5 Å². The number of rotatable bonds is 2. The summed E-state index contributed by atoms with van der Waals surface area (Å²) in [5, 5.41) is 0. The molecule has 1 aliphatic rings. The molecule has 1 saturated heterocycles. The van der Waals surface area contributed by atoms with Gasteiger partial charge in [0, 0.05) is 6.54 Å². The molecule has 1 aliphatic heterocycles. The first-order valence-electron chi connectivity index (χ1n) is 7.12. The van der Waals surface area contributed by atoms with Crippen LogP contribution in [0.2, 0.25) is 0 Å². The minimum absolute atomic E-state index is 0.581. The number of H-pyrrole nitrogens is 2. The summed E-state index contributed by atoms with van der Waals surface area (Å²) in [5.41, 5.74) is 2.55. The first-order chi connectivity index (χ1) is 9.65. The molecule has 0 saturated carbocycles. The molecule has 2 heterocycles. The highest BCUT2D eigenvalue weighted by atomic mass is 16.2. The second kappa shape index (κ2) is 5.25. The van der Waals surface area contributed by atoms with Gasteiger partial charge < -0.3 is 9.97 Å². The number of piperidine rings is 1. The van der Waals surface area contributed by atoms with Crippen molar-refractivity contribution in [3.63, 3.8) is 0 Å². The maximum Gasteiger partial charge on any atom is 0.314 e. The minimum Gasteiger partial charge on any atom is -0.316 e. The van der Waals surface area contributed by atoms with Crippen molar-refractivity contribution >= 4 is 11.0 Å². The zero-order valence-corrected chi connectivity index (χ0v) is 11.7. The number of hydrogen-bond acceptors (Lipinski definition) is 3. The normalized spacial score (nSPS) is 16.6. The van der Waals surface area contributed by atoms with Gasteiger partial charge in [0.25, 0.3) is 0 Å². The van der Waals surface area contributed by atoms with Crippen molar-refractivity contribution in [1.82, 2.24) is 14.9 Å². The summed E-state index contributed by atoms with van der Waals surface area (Å²) in [7, 11) is 0. The molecule has 0 unspecified atom stereocenters. The molecule has 1 aromatic heterocycles. The molecule has 1 aromatic carbocycles. The van der Waals surface area contributed by atoms with Crippen molar-refractivity contribution in [1.29, 1.82) is 0 Å². The van der Waals surface area contributed by atoms with Crippen LogP contribution in [0.3, 0.4) is 0 Å². The summed E-state index contributed by atoms with van der Waals surface area (Å²) in [5.74, 6) is 0. The standard InChI is InChI=1S/C15H19N3O2/c1-10-5-6-12-13(17-15(20)14(19)16-12)11(10)9-18-7-3-2-4-8-18/h5-6H,2-4,7-9H2,1H3,(H,16,19)(H,17,20). The van der Waals surface area contributed by atoms with E-state index in [1.54, 1.807) is 0 Å². The lowest BCUT2D eigenvalue weighted by molar-refractivity contribution is 0.221. The van der Waals surface area contributed by atoms with Crippen LogP contribution in [-0.2, 0) is 6.54 Å². The largest absolute Gasteiger partial charge is 0.316 e. The zero-order chi connectivity index (χ0) is 14.1. The van der Waals surface area contributed by atoms with Crippen LogP contribution in [0.15, 0.2) is 21.7 Å². The Kier molecular flexibility index (Phi) is 3.44. The third-order valence-corrected chi connectivity index (χ3v) is 4.07. The number of fused-ring (bicyclic) bond motifs is 1. The molecule has 0 aliphatic carbocycles. The van der Waals surface area contributed by atoms with Crippen molar-refractivity contribution in [2.24, 2.45) is 0 Å². The molecule has 0 spiro atoms. The smallest absolute Gasteiger partial charge is 0.314 e. The number of aromatic nitrogens is 2. The molecule has 106 valence electrons. The fourth-order valence-electron chi connectivity index (χ4n) is 2.89. The van der Waals surface area contributed by atoms with E-state index < -0.39 is 11.1 Å². The maximum atomic E-state index is 11.6. The van der Waals surface area contributed by atoms with Crippen LogP contribution in [0.5, 0.6) is 0 Å². The third-order valence-electron chi connectivity index (χ3n) is 4.07. The van der Waals surface area contributed by atoms with Crippen LogP contribution >= 0.6 is 0 Å². The van der Waals surface area contributed by atoms with Gasteiger partial charge in [-0.3, -0.25) is 14.5 Å². The second-order valence-corrected chi connectivity index (χ2v) is 5.53. The van der Waals surface area contributed by atoms with E-state index in [-0.39, 0.29) is 0 Å². The highest BCUT2D eigenvalue weighted by molar-refractivity contribution is 5.78. The summed E-state index contributed by atoms with van der Waals surface area (Å²) in [4.78, 5) is 30.8. The molecular weight excluding hydrogens is 254 g/mol. The summed E-state index contributed by atoms with van der Waals surface area (Å²) in [6, 6.07) is 3.84. The van der Waals surface area contributed by atoms with E-state index in [1.165, 1.54) is 19.3 Å². The average Bonchev–Trinajstić information content (AvgIpc) is 2.45. The first-order valence-corrected chi connectivity index (χ1v) is 7.12. The Morgan fingerprint density at radius 3 is 2.50 bits per heavy atom. The molecule has 0 atom stereocenters. The number of aryl methyl sites for hydroxylation is 1. The number of aromatic amines is 2. The van der Waals surface area contributed by atoms with Gasteiger partial charge in [0.15, 0.2) is 0 Å². The van der Waals surface area contributed by atoms with E-state index in [0.717, 1.165) is 36.3 Å². The van der Waals surface area contributed by atoms with Gasteiger partial charge >= 0.3 is 11.1 Å². The number of hydrogen-bond donors (Lipinski definition) is 2. The van der Waals surface area contributed by atoms with Gasteiger partial charge in [-0.25, -0.2) is 0 Å². The van der Waals surface area contributed by atoms with Gasteiger partial charge in [-0.2, -0.15) is 0 Å². The van der Waals surface area contributed by atoms with Crippen LogP contribution < -0.4 is 11.1 Å². The van der Waals surface area contributed by atoms with Crippen molar-refractivity contribution in [2.45, 2.75) is 32.7 Å². The number of nitrogens with zero attached hydrogens (tertiary/aromatic N) is 1. The molecule has 0 amide bonds. The predicted molar refractivity (Wildman–Crippen MR) is 79.1 cm³/mol. The third kappa shape index (κ3) is 2.41. The van der Waals surface area contributed by atoms with Crippen molar-refractivity contribution in [3.05, 3.63) is 44.0 Å². The summed E-state index contributed by atoms with van der Waals surface area (Å²) < 4.78 is 0. The Balaban J connectivity index is 2.08. The van der Waals surface area contributed by atoms with E-state index in [1.807, 2.05) is 19.1 Å². The Labute approximate surface area is 116 Å². The fraction of sp³-hybridized carbons (Fsp3) is 0.467. The topological polar surface area (TPSA) is 69.0 Å². The first kappa shape index (κ1) is 13.1. The molecule has 3 rings (SSSR count). The Morgan fingerprint density at radius 2 is 1.75 bits per heavy atom. The second-order valence-electron chi connectivity index (χ2n) is 5.53. The van der Waals surface area contributed by atoms with Crippen LogP contribution in [-0.4, -0.2) is 28.0 Å². The Morgan fingerprint density at radius 1 is 1.05 bits per heavy atom. The van der Waals surface area contributed by atoms with E-state index in [9.17, 15) is 9.59 Å². The zero-order valence-electron chi connectivity index (χ0n) is 11.7. The number of benzene rings is 1. The van der Waals surface area contributed by atoms with E-state index in [0.29, 0.717) is 5.52 Å². The predicted octanol–water partition coefficient (Wildman–Crippen LogP) is 1.51. The lowest BCUT2D eigenvalue weighted by Crippen LogP contribution is -2.31. The van der Waals surface area contributed by atoms with Crippen LogP contribution in [0.1, 0.15) is 30.4 Å². The molecule has 0 bridgehead atoms. The summed E-state index contributed by atoms with van der Waals surface area (Å²) in [6.45, 7) is 5.07. The van der Waals surface area contributed by atoms with Crippen LogP contribution in [0.4, 0.5) is 0 Å². The van der Waals surface area contributed by atoms with Crippen molar-refractivity contribution in [2.75, 3.05) is 13.1 Å². The highest BCUT2D eigenvalue weighted by Crippen LogP contribution is 2.21. The Hall–Kier alpha value is -1.88. The van der Waals surface area contributed by atoms with E-state index in [4.69, 9.17) is 0 Å². The quantitative estimate of drug-likeness (QED) is 0.815. The molecular formula is C15H19N3O2. The fourth-order valence-corrected chi connectivity index (χ4v) is 2.89. The number of likely N-dealkylation sites (tertiary alicyclic amines) is 1. The highest BCUT2D eigenvalue weighted by Gasteiger charge is 2.14. The lowest BCUT2D eigenvalue weighted by Gasteiger charge is -2.27. The Bertz CT molecular complexity index is 739. The molecule has 0 radical (unpaired) electrons. The monoisotopic (exact) mass is 273 g/mol. The molecule has 5 heteroatoms.